The molecule has 7 heteroatoms. The number of sulfonamides is 1. The van der Waals surface area contributed by atoms with Crippen LogP contribution in [-0.4, -0.2) is 44.8 Å². The summed E-state index contributed by atoms with van der Waals surface area (Å²) in [7, 11) is -3.45. The molecule has 1 aliphatic heterocycles. The first kappa shape index (κ1) is 15.0. The van der Waals surface area contributed by atoms with E-state index in [9.17, 15) is 13.2 Å². The summed E-state index contributed by atoms with van der Waals surface area (Å²) < 4.78 is 26.5. The summed E-state index contributed by atoms with van der Waals surface area (Å²) in [5.74, 6) is -0.181. The summed E-state index contributed by atoms with van der Waals surface area (Å²) in [6.07, 6.45) is 0.809. The predicted octanol–water partition coefficient (Wildman–Crippen LogP) is 0.629. The smallest absolute Gasteiger partial charge is 0.243 e. The Morgan fingerprint density at radius 2 is 1.90 bits per heavy atom. The Hall–Kier alpha value is -1.44. The van der Waals surface area contributed by atoms with E-state index in [-0.39, 0.29) is 10.8 Å². The van der Waals surface area contributed by atoms with Gasteiger partial charge in [-0.05, 0) is 37.2 Å². The number of carbonyl (C=O) groups is 1. The van der Waals surface area contributed by atoms with Crippen LogP contribution in [-0.2, 0) is 14.8 Å². The van der Waals surface area contributed by atoms with Gasteiger partial charge in [0.1, 0.15) is 0 Å². The van der Waals surface area contributed by atoms with Crippen molar-refractivity contribution in [1.82, 2.24) is 9.62 Å². The van der Waals surface area contributed by atoms with E-state index in [1.807, 2.05) is 0 Å². The largest absolute Gasteiger partial charge is 0.326 e. The highest BCUT2D eigenvalue weighted by molar-refractivity contribution is 7.89. The quantitative estimate of drug-likeness (QED) is 0.858. The van der Waals surface area contributed by atoms with Gasteiger partial charge in [-0.1, -0.05) is 0 Å². The summed E-state index contributed by atoms with van der Waals surface area (Å²) in [5.41, 5.74) is 0.592. The van der Waals surface area contributed by atoms with Crippen LogP contribution < -0.4 is 10.6 Å². The van der Waals surface area contributed by atoms with Crippen molar-refractivity contribution in [3.05, 3.63) is 24.3 Å². The summed E-state index contributed by atoms with van der Waals surface area (Å²) in [4.78, 5) is 11.2. The van der Waals surface area contributed by atoms with Gasteiger partial charge in [0.15, 0.2) is 0 Å². The fourth-order valence-electron chi connectivity index (χ4n) is 2.12. The maximum atomic E-state index is 12.5. The van der Waals surface area contributed by atoms with E-state index >= 15 is 0 Å². The number of hydrogen-bond acceptors (Lipinski definition) is 4. The maximum absolute atomic E-state index is 12.5. The summed E-state index contributed by atoms with van der Waals surface area (Å²) >= 11 is 0. The van der Waals surface area contributed by atoms with Crippen molar-refractivity contribution in [2.45, 2.75) is 18.2 Å². The molecule has 0 radical (unpaired) electrons. The van der Waals surface area contributed by atoms with Crippen molar-refractivity contribution < 1.29 is 13.2 Å². The van der Waals surface area contributed by atoms with Crippen LogP contribution in [0.2, 0.25) is 0 Å². The van der Waals surface area contributed by atoms with Gasteiger partial charge < -0.3 is 10.6 Å². The second kappa shape index (κ2) is 6.34. The van der Waals surface area contributed by atoms with Gasteiger partial charge in [-0.25, -0.2) is 8.42 Å². The summed E-state index contributed by atoms with van der Waals surface area (Å²) in [6.45, 7) is 3.93. The number of hydrogen-bond donors (Lipinski definition) is 2. The van der Waals surface area contributed by atoms with E-state index in [2.05, 4.69) is 10.6 Å². The minimum atomic E-state index is -3.45. The highest BCUT2D eigenvalue weighted by Crippen LogP contribution is 2.19. The van der Waals surface area contributed by atoms with Crippen LogP contribution in [0.3, 0.4) is 0 Å². The van der Waals surface area contributed by atoms with Gasteiger partial charge in [0.25, 0.3) is 0 Å². The van der Waals surface area contributed by atoms with Crippen molar-refractivity contribution in [1.29, 1.82) is 0 Å². The number of nitrogens with zero attached hydrogens (tertiary/aromatic N) is 1. The number of nitrogens with one attached hydrogen (secondary N) is 2. The van der Waals surface area contributed by atoms with Gasteiger partial charge in [-0.15, -0.1) is 0 Å². The molecular formula is C13H19N3O3S. The summed E-state index contributed by atoms with van der Waals surface area (Å²) in [5, 5.41) is 5.79. The Morgan fingerprint density at radius 3 is 2.55 bits per heavy atom. The molecule has 6 nitrogen and oxygen atoms in total. The molecule has 0 saturated carbocycles. The van der Waals surface area contributed by atoms with E-state index in [0.29, 0.717) is 25.3 Å². The van der Waals surface area contributed by atoms with Gasteiger partial charge in [-0.3, -0.25) is 4.79 Å². The first-order chi connectivity index (χ1) is 9.50. The normalized spacial score (nSPS) is 17.4. The third-order valence-corrected chi connectivity index (χ3v) is 5.02. The molecule has 1 aliphatic rings. The SMILES string of the molecule is CC(=O)Nc1ccc(S(=O)(=O)N2CCCNCC2)cc1. The topological polar surface area (TPSA) is 78.5 Å². The van der Waals surface area contributed by atoms with Gasteiger partial charge >= 0.3 is 0 Å². The Kier molecular flexibility index (Phi) is 4.74. The first-order valence-electron chi connectivity index (χ1n) is 6.59. The molecule has 0 aliphatic carbocycles. The minimum Gasteiger partial charge on any atom is -0.326 e. The van der Waals surface area contributed by atoms with Crippen LogP contribution in [0.1, 0.15) is 13.3 Å². The van der Waals surface area contributed by atoms with E-state index in [1.54, 1.807) is 12.1 Å². The molecule has 1 fully saturated rings. The fraction of sp³-hybridized carbons (Fsp3) is 0.462. The van der Waals surface area contributed by atoms with Gasteiger partial charge in [-0.2, -0.15) is 4.31 Å². The highest BCUT2D eigenvalue weighted by Gasteiger charge is 2.24. The molecule has 110 valence electrons. The van der Waals surface area contributed by atoms with Gasteiger partial charge in [0, 0.05) is 32.2 Å². The summed E-state index contributed by atoms with van der Waals surface area (Å²) in [6, 6.07) is 6.26. The van der Waals surface area contributed by atoms with Gasteiger partial charge in [0.05, 0.1) is 4.90 Å². The van der Waals surface area contributed by atoms with Crippen LogP contribution in [0.5, 0.6) is 0 Å². The van der Waals surface area contributed by atoms with Crippen molar-refractivity contribution >= 4 is 21.6 Å². The van der Waals surface area contributed by atoms with Crippen LogP contribution >= 0.6 is 0 Å². The number of rotatable bonds is 3. The van der Waals surface area contributed by atoms with Crippen molar-refractivity contribution in [2.75, 3.05) is 31.5 Å². The van der Waals surface area contributed by atoms with Crippen molar-refractivity contribution in [2.24, 2.45) is 0 Å². The first-order valence-corrected chi connectivity index (χ1v) is 8.03. The number of benzene rings is 1. The van der Waals surface area contributed by atoms with Crippen LogP contribution in [0.15, 0.2) is 29.2 Å². The molecule has 2 rings (SSSR count). The second-order valence-electron chi connectivity index (χ2n) is 4.71. The number of amides is 1. The predicted molar refractivity (Wildman–Crippen MR) is 77.0 cm³/mol. The molecule has 0 bridgehead atoms. The zero-order valence-electron chi connectivity index (χ0n) is 11.4. The lowest BCUT2D eigenvalue weighted by atomic mass is 10.3. The third kappa shape index (κ3) is 3.56. The lowest BCUT2D eigenvalue weighted by Crippen LogP contribution is -2.34. The fourth-order valence-corrected chi connectivity index (χ4v) is 3.60. The molecule has 20 heavy (non-hydrogen) atoms. The molecule has 1 amide bonds. The number of anilines is 1. The van der Waals surface area contributed by atoms with E-state index in [4.69, 9.17) is 0 Å². The lowest BCUT2D eigenvalue weighted by molar-refractivity contribution is -0.114. The van der Waals surface area contributed by atoms with E-state index in [1.165, 1.54) is 23.4 Å². The molecule has 1 saturated heterocycles. The molecule has 0 spiro atoms. The van der Waals surface area contributed by atoms with Gasteiger partial charge in [0.2, 0.25) is 15.9 Å². The molecule has 1 heterocycles. The Labute approximate surface area is 119 Å². The Bertz CT molecular complexity index is 561. The lowest BCUT2D eigenvalue weighted by Gasteiger charge is -2.19. The standard InChI is InChI=1S/C13H19N3O3S/c1-11(17)15-12-3-5-13(6-4-12)20(18,19)16-9-2-7-14-8-10-16/h3-6,14H,2,7-10H2,1H3,(H,15,17). The monoisotopic (exact) mass is 297 g/mol. The van der Waals surface area contributed by atoms with Crippen LogP contribution in [0, 0.1) is 0 Å². The second-order valence-corrected chi connectivity index (χ2v) is 6.65. The van der Waals surface area contributed by atoms with Crippen LogP contribution in [0.4, 0.5) is 5.69 Å². The third-order valence-electron chi connectivity index (χ3n) is 3.11. The highest BCUT2D eigenvalue weighted by atomic mass is 32.2. The average Bonchev–Trinajstić information content (AvgIpc) is 2.68. The molecule has 0 unspecified atom stereocenters. The van der Waals surface area contributed by atoms with Crippen molar-refractivity contribution in [3.63, 3.8) is 0 Å². The molecule has 1 aromatic carbocycles. The average molecular weight is 297 g/mol. The zero-order valence-corrected chi connectivity index (χ0v) is 12.2. The number of carbonyl (C=O) groups excluding carboxylic acids is 1. The van der Waals surface area contributed by atoms with E-state index in [0.717, 1.165) is 13.0 Å². The zero-order chi connectivity index (χ0) is 14.6. The maximum Gasteiger partial charge on any atom is 0.243 e. The Balaban J connectivity index is 2.18. The van der Waals surface area contributed by atoms with E-state index < -0.39 is 10.0 Å². The van der Waals surface area contributed by atoms with Crippen molar-refractivity contribution in [3.8, 4) is 0 Å². The van der Waals surface area contributed by atoms with Crippen LogP contribution in [0.25, 0.3) is 0 Å². The molecule has 2 N–H and O–H groups in total. The molecule has 0 aromatic heterocycles. The Morgan fingerprint density at radius 1 is 1.20 bits per heavy atom. The minimum absolute atomic E-state index is 0.181. The molecule has 0 atom stereocenters. The molecular weight excluding hydrogens is 278 g/mol. The molecule has 1 aromatic rings.